The average Bonchev–Trinajstić information content (AvgIpc) is 2.63. The second kappa shape index (κ2) is 7.79. The number of carbonyl (C=O) groups excluding carboxylic acids is 1. The third kappa shape index (κ3) is 4.33. The highest BCUT2D eigenvalue weighted by atomic mass is 16.5. The number of urea groups is 1. The summed E-state index contributed by atoms with van der Waals surface area (Å²) in [5.41, 5.74) is 2.33. The first-order chi connectivity index (χ1) is 11.3. The zero-order valence-electron chi connectivity index (χ0n) is 13.2. The molecule has 4 heteroatoms. The normalized spacial score (nSPS) is 15.9. The maximum absolute atomic E-state index is 12.5. The molecule has 4 nitrogen and oxygen atoms in total. The molecule has 2 aromatic carbocycles. The largest absolute Gasteiger partial charge is 0.378 e. The van der Waals surface area contributed by atoms with Gasteiger partial charge in [0.1, 0.15) is 0 Å². The molecule has 23 heavy (non-hydrogen) atoms. The van der Waals surface area contributed by atoms with Crippen molar-refractivity contribution in [3.63, 3.8) is 0 Å². The summed E-state index contributed by atoms with van der Waals surface area (Å²) in [6, 6.07) is 20.3. The molecule has 3 rings (SSSR count). The summed E-state index contributed by atoms with van der Waals surface area (Å²) in [6.45, 7) is 2.53. The highest BCUT2D eigenvalue weighted by molar-refractivity contribution is 5.74. The predicted molar refractivity (Wildman–Crippen MR) is 90.3 cm³/mol. The fraction of sp³-hybridized carbons (Fsp3) is 0.316. The number of benzene rings is 2. The Bertz CT molecular complexity index is 610. The third-order valence-corrected chi connectivity index (χ3v) is 4.08. The number of morpholine rings is 1. The molecule has 2 amide bonds. The van der Waals surface area contributed by atoms with E-state index in [4.69, 9.17) is 4.74 Å². The van der Waals surface area contributed by atoms with Crippen molar-refractivity contribution in [2.24, 2.45) is 0 Å². The molecule has 1 fully saturated rings. The SMILES string of the molecule is O=C(NC(Cc1ccccc1)c1ccccc1)N1CCOCC1. The van der Waals surface area contributed by atoms with Gasteiger partial charge in [-0.15, -0.1) is 0 Å². The standard InChI is InChI=1S/C19H22N2O2/c22-19(21-11-13-23-14-12-21)20-18(17-9-5-2-6-10-17)15-16-7-3-1-4-8-16/h1-10,18H,11-15H2,(H,20,22). The zero-order valence-corrected chi connectivity index (χ0v) is 13.2. The first-order valence-electron chi connectivity index (χ1n) is 8.05. The van der Waals surface area contributed by atoms with E-state index in [1.54, 1.807) is 0 Å². The Labute approximate surface area is 137 Å². The number of carbonyl (C=O) groups is 1. The van der Waals surface area contributed by atoms with Crippen LogP contribution in [0, 0.1) is 0 Å². The molecule has 120 valence electrons. The number of rotatable bonds is 4. The molecule has 0 spiro atoms. The number of hydrogen-bond acceptors (Lipinski definition) is 2. The van der Waals surface area contributed by atoms with Gasteiger partial charge in [0.05, 0.1) is 19.3 Å². The molecule has 0 radical (unpaired) electrons. The van der Waals surface area contributed by atoms with Crippen molar-refractivity contribution in [3.8, 4) is 0 Å². The fourth-order valence-corrected chi connectivity index (χ4v) is 2.79. The van der Waals surface area contributed by atoms with Crippen LogP contribution in [0.5, 0.6) is 0 Å². The minimum atomic E-state index is -0.0334. The van der Waals surface area contributed by atoms with Crippen LogP contribution in [-0.4, -0.2) is 37.2 Å². The Morgan fingerprint density at radius 1 is 1.00 bits per heavy atom. The lowest BCUT2D eigenvalue weighted by atomic mass is 9.99. The van der Waals surface area contributed by atoms with Gasteiger partial charge < -0.3 is 15.0 Å². The molecule has 1 unspecified atom stereocenters. The van der Waals surface area contributed by atoms with Gasteiger partial charge in [0.15, 0.2) is 0 Å². The second-order valence-electron chi connectivity index (χ2n) is 5.70. The average molecular weight is 310 g/mol. The van der Waals surface area contributed by atoms with Crippen molar-refractivity contribution in [1.29, 1.82) is 0 Å². The first kappa shape index (κ1) is 15.6. The number of nitrogens with zero attached hydrogens (tertiary/aromatic N) is 1. The fourth-order valence-electron chi connectivity index (χ4n) is 2.79. The molecule has 1 heterocycles. The minimum Gasteiger partial charge on any atom is -0.378 e. The summed E-state index contributed by atoms with van der Waals surface area (Å²) in [6.07, 6.45) is 0.779. The summed E-state index contributed by atoms with van der Waals surface area (Å²) < 4.78 is 5.31. The van der Waals surface area contributed by atoms with E-state index in [9.17, 15) is 4.79 Å². The first-order valence-corrected chi connectivity index (χ1v) is 8.05. The van der Waals surface area contributed by atoms with Gasteiger partial charge in [0, 0.05) is 13.1 Å². The van der Waals surface area contributed by atoms with Gasteiger partial charge >= 0.3 is 6.03 Å². The number of nitrogens with one attached hydrogen (secondary N) is 1. The molecule has 2 aromatic rings. The van der Waals surface area contributed by atoms with Crippen LogP contribution >= 0.6 is 0 Å². The molecule has 1 aliphatic rings. The van der Waals surface area contributed by atoms with Gasteiger partial charge in [0.2, 0.25) is 0 Å². The summed E-state index contributed by atoms with van der Waals surface area (Å²) in [5, 5.41) is 3.18. The summed E-state index contributed by atoms with van der Waals surface area (Å²) in [5.74, 6) is 0. The third-order valence-electron chi connectivity index (χ3n) is 4.08. The van der Waals surface area contributed by atoms with E-state index in [0.717, 1.165) is 12.0 Å². The van der Waals surface area contributed by atoms with Crippen LogP contribution in [0.1, 0.15) is 17.2 Å². The maximum atomic E-state index is 12.5. The molecule has 1 aliphatic heterocycles. The summed E-state index contributed by atoms with van der Waals surface area (Å²) in [7, 11) is 0. The molecule has 0 aromatic heterocycles. The smallest absolute Gasteiger partial charge is 0.318 e. The van der Waals surface area contributed by atoms with E-state index >= 15 is 0 Å². The number of hydrogen-bond donors (Lipinski definition) is 1. The molecular weight excluding hydrogens is 288 g/mol. The summed E-state index contributed by atoms with van der Waals surface area (Å²) >= 11 is 0. The van der Waals surface area contributed by atoms with Crippen LogP contribution in [0.4, 0.5) is 4.79 Å². The van der Waals surface area contributed by atoms with Crippen molar-refractivity contribution in [1.82, 2.24) is 10.2 Å². The number of ether oxygens (including phenoxy) is 1. The van der Waals surface area contributed by atoms with Gasteiger partial charge in [-0.1, -0.05) is 60.7 Å². The molecule has 0 bridgehead atoms. The van der Waals surface area contributed by atoms with Crippen LogP contribution in [0.15, 0.2) is 60.7 Å². The lowest BCUT2D eigenvalue weighted by Gasteiger charge is -2.29. The molecular formula is C19H22N2O2. The highest BCUT2D eigenvalue weighted by Crippen LogP contribution is 2.19. The Morgan fingerprint density at radius 2 is 1.61 bits per heavy atom. The van der Waals surface area contributed by atoms with Gasteiger partial charge in [-0.3, -0.25) is 0 Å². The molecule has 0 saturated carbocycles. The van der Waals surface area contributed by atoms with E-state index in [1.807, 2.05) is 41.3 Å². The van der Waals surface area contributed by atoms with Crippen molar-refractivity contribution >= 4 is 6.03 Å². The Hall–Kier alpha value is -2.33. The minimum absolute atomic E-state index is 0.0157. The van der Waals surface area contributed by atoms with Crippen molar-refractivity contribution < 1.29 is 9.53 Å². The number of amides is 2. The zero-order chi connectivity index (χ0) is 15.9. The van der Waals surface area contributed by atoms with Crippen molar-refractivity contribution in [2.75, 3.05) is 26.3 Å². The Balaban J connectivity index is 1.73. The second-order valence-corrected chi connectivity index (χ2v) is 5.70. The topological polar surface area (TPSA) is 41.6 Å². The maximum Gasteiger partial charge on any atom is 0.318 e. The van der Waals surface area contributed by atoms with Crippen molar-refractivity contribution in [3.05, 3.63) is 71.8 Å². The van der Waals surface area contributed by atoms with Gasteiger partial charge in [-0.2, -0.15) is 0 Å². The lowest BCUT2D eigenvalue weighted by Crippen LogP contribution is -2.47. The van der Waals surface area contributed by atoms with Gasteiger partial charge in [0.25, 0.3) is 0 Å². The quantitative estimate of drug-likeness (QED) is 0.943. The van der Waals surface area contributed by atoms with Crippen LogP contribution in [-0.2, 0) is 11.2 Å². The van der Waals surface area contributed by atoms with Crippen LogP contribution in [0.2, 0.25) is 0 Å². The van der Waals surface area contributed by atoms with E-state index in [-0.39, 0.29) is 12.1 Å². The summed E-state index contributed by atoms with van der Waals surface area (Å²) in [4.78, 5) is 14.4. The van der Waals surface area contributed by atoms with Crippen LogP contribution < -0.4 is 5.32 Å². The molecule has 1 N–H and O–H groups in total. The molecule has 1 saturated heterocycles. The predicted octanol–water partition coefficient (Wildman–Crippen LogP) is 3.01. The van der Waals surface area contributed by atoms with Crippen molar-refractivity contribution in [2.45, 2.75) is 12.5 Å². The molecule has 1 atom stereocenters. The van der Waals surface area contributed by atoms with E-state index in [1.165, 1.54) is 5.56 Å². The monoisotopic (exact) mass is 310 g/mol. The van der Waals surface area contributed by atoms with Crippen LogP contribution in [0.3, 0.4) is 0 Å². The lowest BCUT2D eigenvalue weighted by molar-refractivity contribution is 0.0525. The van der Waals surface area contributed by atoms with Gasteiger partial charge in [-0.05, 0) is 17.5 Å². The van der Waals surface area contributed by atoms with E-state index in [0.29, 0.717) is 26.3 Å². The Morgan fingerprint density at radius 3 is 2.26 bits per heavy atom. The van der Waals surface area contributed by atoms with Gasteiger partial charge in [-0.25, -0.2) is 4.79 Å². The van der Waals surface area contributed by atoms with Crippen LogP contribution in [0.25, 0.3) is 0 Å². The highest BCUT2D eigenvalue weighted by Gasteiger charge is 2.21. The van der Waals surface area contributed by atoms with E-state index in [2.05, 4.69) is 29.6 Å². The molecule has 0 aliphatic carbocycles. The Kier molecular flexibility index (Phi) is 5.27. The van der Waals surface area contributed by atoms with E-state index < -0.39 is 0 Å².